The Morgan fingerprint density at radius 2 is 1.86 bits per heavy atom. The van der Waals surface area contributed by atoms with Gasteiger partial charge in [0, 0.05) is 96.0 Å². The Morgan fingerprint density at radius 3 is 2.71 bits per heavy atom. The van der Waals surface area contributed by atoms with E-state index in [2.05, 4.69) is 94.6 Å². The molecule has 1 saturated heterocycles. The molecule has 4 aromatic rings. The van der Waals surface area contributed by atoms with Crippen LogP contribution in [0.15, 0.2) is 84.1 Å². The van der Waals surface area contributed by atoms with Crippen LogP contribution >= 0.6 is 21.6 Å². The van der Waals surface area contributed by atoms with Crippen molar-refractivity contribution in [2.75, 3.05) is 45.5 Å². The third kappa shape index (κ3) is 10.8. The third-order valence-electron chi connectivity index (χ3n) is 18.4. The Hall–Kier alpha value is -5.53. The number of fused-ring (bicyclic) bond motifs is 11. The van der Waals surface area contributed by atoms with E-state index in [1.54, 1.807) is 20.3 Å². The van der Waals surface area contributed by atoms with E-state index in [1.807, 2.05) is 27.7 Å². The minimum Gasteiger partial charge on any atom is -0.508 e. The smallest absolute Gasteiger partial charge is 0.302 e. The Bertz CT molecular complexity index is 3110. The highest BCUT2D eigenvalue weighted by Gasteiger charge is 2.53. The van der Waals surface area contributed by atoms with Gasteiger partial charge in [0.2, 0.25) is 0 Å². The van der Waals surface area contributed by atoms with Gasteiger partial charge >= 0.3 is 5.97 Å². The summed E-state index contributed by atoms with van der Waals surface area (Å²) < 4.78 is 33.0. The van der Waals surface area contributed by atoms with Gasteiger partial charge in [0.15, 0.2) is 11.5 Å². The second kappa shape index (κ2) is 23.5. The number of phenols is 2. The first-order valence-corrected chi connectivity index (χ1v) is 31.4. The van der Waals surface area contributed by atoms with Crippen molar-refractivity contribution in [1.29, 1.82) is 0 Å². The Morgan fingerprint density at radius 1 is 0.987 bits per heavy atom. The Labute approximate surface area is 473 Å². The minimum atomic E-state index is -0.685. The number of hydrogen-bond acceptors (Lipinski definition) is 14. The molecule has 3 aliphatic carbocycles. The number of nitrogens with two attached hydrogens (primary N) is 1. The van der Waals surface area contributed by atoms with Crippen LogP contribution < -0.4 is 35.9 Å². The van der Waals surface area contributed by atoms with Gasteiger partial charge in [-0.05, 0) is 141 Å². The molecule has 3 fully saturated rings. The fourth-order valence-electron chi connectivity index (χ4n) is 14.8. The maximum Gasteiger partial charge on any atom is 0.302 e. The molecule has 10 atom stereocenters. The predicted octanol–water partition coefficient (Wildman–Crippen LogP) is 10.9. The number of esters is 1. The Balaban J connectivity index is 1.10. The number of methoxy groups -OCH3 is 2. The number of nitrogens with one attached hydrogen (secondary N) is 3. The summed E-state index contributed by atoms with van der Waals surface area (Å²) in [6, 6.07) is 19.0. The summed E-state index contributed by atoms with van der Waals surface area (Å²) in [5.74, 6) is 11.6. The first-order valence-electron chi connectivity index (χ1n) is 28.9. The number of carbonyl (C=O) groups excluding carboxylic acids is 1. The van der Waals surface area contributed by atoms with E-state index in [4.69, 9.17) is 29.4 Å². The zero-order chi connectivity index (χ0) is 54.2. The highest BCUT2D eigenvalue weighted by atomic mass is 33.1. The molecule has 79 heavy (non-hydrogen) atoms. The number of phenolic OH excluding ortho intramolecular Hbond substituents is 2. The van der Waals surface area contributed by atoms with Gasteiger partial charge in [0.05, 0.1) is 30.9 Å². The number of ether oxygens (including phenoxy) is 5. The van der Waals surface area contributed by atoms with E-state index < -0.39 is 23.6 Å². The van der Waals surface area contributed by atoms with Gasteiger partial charge in [0.1, 0.15) is 36.1 Å². The monoisotopic (exact) mass is 1100 g/mol. The number of aromatic hydroxyl groups is 2. The molecule has 7 N–H and O–H groups in total. The van der Waals surface area contributed by atoms with Gasteiger partial charge in [0.25, 0.3) is 0 Å². The van der Waals surface area contributed by atoms with E-state index in [0.29, 0.717) is 55.1 Å². The molecule has 0 amide bonds. The molecule has 8 aliphatic rings. The zero-order valence-electron chi connectivity index (χ0n) is 45.9. The van der Waals surface area contributed by atoms with Crippen molar-refractivity contribution >= 4 is 33.6 Å². The van der Waals surface area contributed by atoms with Gasteiger partial charge in [-0.15, -0.1) is 0 Å². The lowest BCUT2D eigenvalue weighted by Crippen LogP contribution is -2.49. The van der Waals surface area contributed by atoms with Gasteiger partial charge in [-0.3, -0.25) is 4.79 Å². The molecule has 5 heterocycles. The summed E-state index contributed by atoms with van der Waals surface area (Å²) in [6.45, 7) is 3.26. The molecule has 6 bridgehead atoms. The lowest BCUT2D eigenvalue weighted by atomic mass is 9.64. The quantitative estimate of drug-likeness (QED) is 0.0324. The SMILES string of the molecule is COCCCCNCc1c(O)c2c(c3c1CC#CC1=C(C=CC(N)N1)C(CCc1ccccc1)C1CCC4(Cc5cc(O)cc(OC)c5-c5ccc6c(c54)OC3C6COC(C)=O)C1)C=CC1NC3CCCC(CSSCC1O2)C3. The van der Waals surface area contributed by atoms with Crippen LogP contribution in [0.1, 0.15) is 128 Å². The van der Waals surface area contributed by atoms with Crippen molar-refractivity contribution in [2.24, 2.45) is 23.5 Å². The largest absolute Gasteiger partial charge is 0.508 e. The van der Waals surface area contributed by atoms with Crippen LogP contribution in [0.5, 0.6) is 28.7 Å². The fourth-order valence-corrected chi connectivity index (χ4v) is 17.4. The van der Waals surface area contributed by atoms with Crippen LogP contribution in [0.3, 0.4) is 0 Å². The summed E-state index contributed by atoms with van der Waals surface area (Å²) in [4.78, 5) is 13.1. The zero-order valence-corrected chi connectivity index (χ0v) is 47.5. The topological polar surface area (TPSA) is 166 Å². The molecule has 1 spiro atoms. The molecule has 2 saturated carbocycles. The summed E-state index contributed by atoms with van der Waals surface area (Å²) in [5, 5.41) is 35.9. The second-order valence-corrected chi connectivity index (χ2v) is 25.9. The molecular formula is C65H76N4O8S2. The van der Waals surface area contributed by atoms with E-state index >= 15 is 0 Å². The summed E-state index contributed by atoms with van der Waals surface area (Å²) in [6.07, 6.45) is 19.3. The maximum atomic E-state index is 13.1. The van der Waals surface area contributed by atoms with Gasteiger partial charge in [-0.2, -0.15) is 0 Å². The van der Waals surface area contributed by atoms with Crippen LogP contribution in [-0.4, -0.2) is 86.0 Å². The van der Waals surface area contributed by atoms with E-state index in [1.165, 1.54) is 30.9 Å². The molecule has 416 valence electrons. The number of unbranched alkanes of at least 4 members (excludes halogenated alkanes) is 1. The maximum absolute atomic E-state index is 13.1. The van der Waals surface area contributed by atoms with Crippen LogP contribution in [-0.2, 0) is 45.5 Å². The predicted molar refractivity (Wildman–Crippen MR) is 315 cm³/mol. The lowest BCUT2D eigenvalue weighted by molar-refractivity contribution is -0.141. The summed E-state index contributed by atoms with van der Waals surface area (Å²) >= 11 is 0. The summed E-state index contributed by atoms with van der Waals surface area (Å²) in [7, 11) is 7.21. The molecule has 12 nitrogen and oxygen atoms in total. The van der Waals surface area contributed by atoms with Crippen LogP contribution in [0.25, 0.3) is 17.2 Å². The van der Waals surface area contributed by atoms with Crippen molar-refractivity contribution in [2.45, 2.75) is 139 Å². The first kappa shape index (κ1) is 54.1. The molecule has 10 unspecified atom stereocenters. The Kier molecular flexibility index (Phi) is 16.1. The number of aryl methyl sites for hydroxylation is 1. The standard InChI is InChI=1S/C65H76N4O8S2/c1-38(70)75-35-52-48-19-20-49-58-42(30-44(71)31-55(58)74-3)33-65-26-25-41(32-65)45(18-17-39-11-5-4-6-12-39)46-22-24-57(66)69-53(46)16-10-15-47-51(34-67-27-7-8-28-73-2)61(72)64-50(59(47)62(52)77-63(48)60(49)65)21-23-54-56(76-64)37-79-78-36-40-13-9-14-43(29-40)68-54/h4-6,11-12,19-24,30-31,40-41,43,45,52,54,56-57,62,67-69,71-72H,7-9,13-15,17-18,25-29,32-37,66H2,1-3H3. The van der Waals surface area contributed by atoms with Crippen molar-refractivity contribution in [3.8, 4) is 51.7 Å². The molecule has 5 aliphatic heterocycles. The van der Waals surface area contributed by atoms with Crippen molar-refractivity contribution < 1.29 is 38.7 Å². The summed E-state index contributed by atoms with van der Waals surface area (Å²) in [5.41, 5.74) is 18.0. The molecule has 14 heteroatoms. The number of rotatable bonds is 13. The lowest BCUT2D eigenvalue weighted by Gasteiger charge is -2.40. The van der Waals surface area contributed by atoms with Crippen molar-refractivity contribution in [3.05, 3.63) is 129 Å². The second-order valence-electron chi connectivity index (χ2n) is 23.3. The van der Waals surface area contributed by atoms with Gasteiger partial charge < -0.3 is 55.6 Å². The highest BCUT2D eigenvalue weighted by Crippen LogP contribution is 2.64. The fraction of sp³-hybridized carbons (Fsp3) is 0.492. The molecule has 0 radical (unpaired) electrons. The van der Waals surface area contributed by atoms with E-state index in [9.17, 15) is 15.0 Å². The average Bonchev–Trinajstić information content (AvgIpc) is 3.71. The molecule has 0 aromatic heterocycles. The highest BCUT2D eigenvalue weighted by molar-refractivity contribution is 8.76. The number of hydrogen-bond donors (Lipinski definition) is 6. The van der Waals surface area contributed by atoms with E-state index in [0.717, 1.165) is 125 Å². The molecule has 12 rings (SSSR count). The van der Waals surface area contributed by atoms with E-state index in [-0.39, 0.29) is 54.5 Å². The first-order chi connectivity index (χ1) is 38.6. The van der Waals surface area contributed by atoms with Crippen molar-refractivity contribution in [1.82, 2.24) is 16.0 Å². The third-order valence-corrected chi connectivity index (χ3v) is 20.9. The van der Waals surface area contributed by atoms with Crippen LogP contribution in [0.4, 0.5) is 0 Å². The van der Waals surface area contributed by atoms with Crippen LogP contribution in [0, 0.1) is 29.6 Å². The molecule has 4 aromatic carbocycles. The number of dihydropyridines is 1. The van der Waals surface area contributed by atoms with Crippen molar-refractivity contribution in [3.63, 3.8) is 0 Å². The average molecular weight is 1110 g/mol. The normalized spacial score (nSPS) is 28.0. The van der Waals surface area contributed by atoms with Gasteiger partial charge in [-0.25, -0.2) is 0 Å². The minimum absolute atomic E-state index is 0.0725. The number of carbonyl (C=O) groups is 1. The number of benzene rings is 4. The van der Waals surface area contributed by atoms with Gasteiger partial charge in [-0.1, -0.05) is 94.6 Å². The molecular weight excluding hydrogens is 1030 g/mol. The number of allylic oxidation sites excluding steroid dienone is 3. The van der Waals surface area contributed by atoms with Crippen LogP contribution in [0.2, 0.25) is 0 Å².